The van der Waals surface area contributed by atoms with Gasteiger partial charge in [0.15, 0.2) is 5.75 Å². The van der Waals surface area contributed by atoms with Crippen LogP contribution in [0.1, 0.15) is 26.3 Å². The number of methoxy groups -OCH3 is 1. The lowest BCUT2D eigenvalue weighted by molar-refractivity contribution is 0.262. The Hall–Kier alpha value is -4.09. The highest BCUT2D eigenvalue weighted by molar-refractivity contribution is 7.92. The predicted octanol–water partition coefficient (Wildman–Crippen LogP) is 7.01. The van der Waals surface area contributed by atoms with Gasteiger partial charge in [0.25, 0.3) is 0 Å². The van der Waals surface area contributed by atoms with E-state index in [0.717, 1.165) is 22.6 Å². The van der Waals surface area contributed by atoms with Crippen LogP contribution < -0.4 is 24.8 Å². The fourth-order valence-electron chi connectivity index (χ4n) is 4.01. The van der Waals surface area contributed by atoms with Gasteiger partial charge in [0.2, 0.25) is 10.0 Å². The Bertz CT molecular complexity index is 1710. The van der Waals surface area contributed by atoms with Gasteiger partial charge in [-0.15, -0.1) is 0 Å². The topological polar surface area (TPSA) is 122 Å². The standard InChI is InChI=1S/C28H30N4O5S2/c1-28(2,3)17-14-22(26(36-4)23(15-17)32-39(5,34)35)31-27(33)30-21-10-11-24(20-9-7-6-8-19(20)21)37-18-12-13-29-25(38)16-18/h6-16,32H,1-5H3,(H,29,38)(H2,30,31,33). The summed E-state index contributed by atoms with van der Waals surface area (Å²) in [6, 6.07) is 17.5. The van der Waals surface area contributed by atoms with Crippen LogP contribution in [-0.2, 0) is 15.4 Å². The number of rotatable bonds is 7. The van der Waals surface area contributed by atoms with Gasteiger partial charge in [-0.2, -0.15) is 0 Å². The molecular formula is C28H30N4O5S2. The monoisotopic (exact) mass is 566 g/mol. The maximum Gasteiger partial charge on any atom is 0.323 e. The molecule has 1 heterocycles. The fourth-order valence-corrected chi connectivity index (χ4v) is 4.75. The van der Waals surface area contributed by atoms with Crippen molar-refractivity contribution in [3.05, 3.63) is 77.1 Å². The normalized spacial score (nSPS) is 11.6. The summed E-state index contributed by atoms with van der Waals surface area (Å²) >= 11 is 5.18. The Kier molecular flexibility index (Phi) is 7.84. The minimum Gasteiger partial charge on any atom is -0.492 e. The van der Waals surface area contributed by atoms with Crippen LogP contribution in [0.15, 0.2) is 66.9 Å². The van der Waals surface area contributed by atoms with Gasteiger partial charge < -0.3 is 25.1 Å². The number of aromatic amines is 1. The highest BCUT2D eigenvalue weighted by atomic mass is 32.2. The number of H-pyrrole nitrogens is 1. The average molecular weight is 567 g/mol. The van der Waals surface area contributed by atoms with Crippen molar-refractivity contribution in [2.75, 3.05) is 28.7 Å². The number of urea groups is 1. The van der Waals surface area contributed by atoms with E-state index in [4.69, 9.17) is 21.7 Å². The maximum atomic E-state index is 13.2. The molecular weight excluding hydrogens is 536 g/mol. The molecule has 39 heavy (non-hydrogen) atoms. The zero-order valence-electron chi connectivity index (χ0n) is 22.2. The molecule has 0 saturated carbocycles. The highest BCUT2D eigenvalue weighted by Gasteiger charge is 2.22. The van der Waals surface area contributed by atoms with Crippen molar-refractivity contribution in [2.45, 2.75) is 26.2 Å². The summed E-state index contributed by atoms with van der Waals surface area (Å²) in [7, 11) is -2.19. The summed E-state index contributed by atoms with van der Waals surface area (Å²) in [5, 5.41) is 7.26. The van der Waals surface area contributed by atoms with E-state index in [1.165, 1.54) is 7.11 Å². The van der Waals surface area contributed by atoms with Crippen LogP contribution in [0, 0.1) is 4.64 Å². The van der Waals surface area contributed by atoms with Gasteiger partial charge in [-0.3, -0.25) is 4.72 Å². The fraction of sp³-hybridized carbons (Fsp3) is 0.214. The zero-order chi connectivity index (χ0) is 28.4. The summed E-state index contributed by atoms with van der Waals surface area (Å²) in [5.41, 5.74) is 1.58. The van der Waals surface area contributed by atoms with Crippen LogP contribution in [0.25, 0.3) is 10.8 Å². The lowest BCUT2D eigenvalue weighted by Gasteiger charge is -2.24. The number of benzene rings is 3. The molecule has 0 aliphatic rings. The van der Waals surface area contributed by atoms with Crippen molar-refractivity contribution in [1.82, 2.24) is 4.98 Å². The minimum absolute atomic E-state index is 0.193. The third kappa shape index (κ3) is 6.87. The molecule has 1 aromatic heterocycles. The van der Waals surface area contributed by atoms with Crippen LogP contribution in [0.2, 0.25) is 0 Å². The zero-order valence-corrected chi connectivity index (χ0v) is 23.8. The average Bonchev–Trinajstić information content (AvgIpc) is 2.84. The van der Waals surface area contributed by atoms with E-state index in [9.17, 15) is 13.2 Å². The van der Waals surface area contributed by atoms with Crippen molar-refractivity contribution < 1.29 is 22.7 Å². The Morgan fingerprint density at radius 2 is 1.59 bits per heavy atom. The number of hydrogen-bond acceptors (Lipinski definition) is 6. The first-order valence-corrected chi connectivity index (χ1v) is 14.3. The van der Waals surface area contributed by atoms with Crippen LogP contribution in [-0.4, -0.2) is 32.8 Å². The van der Waals surface area contributed by atoms with Crippen LogP contribution in [0.3, 0.4) is 0 Å². The van der Waals surface area contributed by atoms with Crippen molar-refractivity contribution in [2.24, 2.45) is 0 Å². The van der Waals surface area contributed by atoms with E-state index in [0.29, 0.717) is 27.5 Å². The molecule has 4 rings (SSSR count). The molecule has 0 spiro atoms. The first-order chi connectivity index (χ1) is 18.3. The molecule has 204 valence electrons. The number of amides is 2. The Balaban J connectivity index is 1.67. The molecule has 0 radical (unpaired) electrons. The van der Waals surface area contributed by atoms with Gasteiger partial charge in [-0.05, 0) is 41.3 Å². The van der Waals surface area contributed by atoms with E-state index in [1.807, 2.05) is 45.0 Å². The number of hydrogen-bond donors (Lipinski definition) is 4. The number of fused-ring (bicyclic) bond motifs is 1. The minimum atomic E-state index is -3.60. The molecule has 9 nitrogen and oxygen atoms in total. The number of anilines is 3. The molecule has 0 fully saturated rings. The third-order valence-corrected chi connectivity index (χ3v) is 6.64. The van der Waals surface area contributed by atoms with E-state index in [2.05, 4.69) is 20.3 Å². The highest BCUT2D eigenvalue weighted by Crippen LogP contribution is 2.39. The number of nitrogens with one attached hydrogen (secondary N) is 4. The number of carbonyl (C=O) groups excluding carboxylic acids is 1. The lowest BCUT2D eigenvalue weighted by Crippen LogP contribution is -2.22. The molecule has 0 atom stereocenters. The third-order valence-electron chi connectivity index (χ3n) is 5.81. The molecule has 11 heteroatoms. The lowest BCUT2D eigenvalue weighted by atomic mass is 9.86. The second-order valence-electron chi connectivity index (χ2n) is 9.96. The molecule has 4 aromatic rings. The van der Waals surface area contributed by atoms with E-state index < -0.39 is 16.1 Å². The van der Waals surface area contributed by atoms with E-state index in [-0.39, 0.29) is 16.9 Å². The molecule has 4 N–H and O–H groups in total. The predicted molar refractivity (Wildman–Crippen MR) is 158 cm³/mol. The van der Waals surface area contributed by atoms with Crippen molar-refractivity contribution in [3.8, 4) is 17.2 Å². The Morgan fingerprint density at radius 3 is 2.23 bits per heavy atom. The van der Waals surface area contributed by atoms with Gasteiger partial charge in [-0.25, -0.2) is 13.2 Å². The Morgan fingerprint density at radius 1 is 0.923 bits per heavy atom. The summed E-state index contributed by atoms with van der Waals surface area (Å²) in [6.07, 6.45) is 2.76. The van der Waals surface area contributed by atoms with Crippen LogP contribution in [0.4, 0.5) is 21.9 Å². The van der Waals surface area contributed by atoms with Crippen LogP contribution in [0.5, 0.6) is 17.2 Å². The smallest absolute Gasteiger partial charge is 0.323 e. The van der Waals surface area contributed by atoms with Crippen molar-refractivity contribution in [3.63, 3.8) is 0 Å². The summed E-state index contributed by atoms with van der Waals surface area (Å²) < 4.78 is 38.6. The van der Waals surface area contributed by atoms with Crippen LogP contribution >= 0.6 is 12.2 Å². The molecule has 2 amide bonds. The summed E-state index contributed by atoms with van der Waals surface area (Å²) in [5.74, 6) is 1.39. The quantitative estimate of drug-likeness (QED) is 0.179. The number of aromatic nitrogens is 1. The van der Waals surface area contributed by atoms with Gasteiger partial charge in [-0.1, -0.05) is 57.3 Å². The molecule has 0 aliphatic carbocycles. The first-order valence-electron chi connectivity index (χ1n) is 12.0. The molecule has 0 bridgehead atoms. The van der Waals surface area contributed by atoms with Crippen molar-refractivity contribution in [1.29, 1.82) is 0 Å². The Labute approximate surface area is 232 Å². The van der Waals surface area contributed by atoms with Gasteiger partial charge in [0.1, 0.15) is 16.1 Å². The SMILES string of the molecule is COc1c(NC(=O)Nc2ccc(Oc3cc[nH]c(=S)c3)c3ccccc23)cc(C(C)(C)C)cc1NS(C)(=O)=O. The largest absolute Gasteiger partial charge is 0.492 e. The molecule has 3 aromatic carbocycles. The first kappa shape index (κ1) is 27.9. The number of pyridine rings is 1. The second kappa shape index (κ2) is 11.0. The van der Waals surface area contributed by atoms with E-state index in [1.54, 1.807) is 42.6 Å². The number of sulfonamides is 1. The molecule has 0 aliphatic heterocycles. The van der Waals surface area contributed by atoms with Crippen molar-refractivity contribution >= 4 is 56.1 Å². The summed E-state index contributed by atoms with van der Waals surface area (Å²) in [6.45, 7) is 5.96. The van der Waals surface area contributed by atoms with E-state index >= 15 is 0 Å². The summed E-state index contributed by atoms with van der Waals surface area (Å²) in [4.78, 5) is 16.1. The molecule has 0 unspecified atom stereocenters. The van der Waals surface area contributed by atoms with Gasteiger partial charge >= 0.3 is 6.03 Å². The number of ether oxygens (including phenoxy) is 2. The van der Waals surface area contributed by atoms with Gasteiger partial charge in [0.05, 0.1) is 30.4 Å². The second-order valence-corrected chi connectivity index (χ2v) is 12.1. The maximum absolute atomic E-state index is 13.2. The number of carbonyl (C=O) groups is 1. The molecule has 0 saturated heterocycles. The van der Waals surface area contributed by atoms with Gasteiger partial charge in [0, 0.05) is 23.0 Å².